The van der Waals surface area contributed by atoms with E-state index < -0.39 is 0 Å². The first-order valence-corrected chi connectivity index (χ1v) is 37.7. The molecule has 0 saturated carbocycles. The molecule has 6 aromatic heterocycles. The Kier molecular flexibility index (Phi) is 24.1. The minimum Gasteiger partial charge on any atom is -0.509 e. The average Bonchev–Trinajstić information content (AvgIpc) is 1.72. The molecule has 6 heterocycles. The van der Waals surface area contributed by atoms with Crippen molar-refractivity contribution in [3.63, 3.8) is 0 Å². The maximum absolute atomic E-state index is 9.60. The second kappa shape index (κ2) is 35.6. The van der Waals surface area contributed by atoms with E-state index in [1.54, 1.807) is 22.9 Å². The van der Waals surface area contributed by atoms with Gasteiger partial charge in [-0.05, 0) is 198 Å². The Labute approximate surface area is 685 Å². The fourth-order valence-corrected chi connectivity index (χ4v) is 13.6. The van der Waals surface area contributed by atoms with E-state index >= 15 is 0 Å². The van der Waals surface area contributed by atoms with Crippen LogP contribution in [0, 0.1) is 57.2 Å². The molecule has 0 unspecified atom stereocenters. The van der Waals surface area contributed by atoms with Gasteiger partial charge in [0.25, 0.3) is 0 Å². The number of phenolic OH excluding ortho intramolecular Hbond substituents is 1. The van der Waals surface area contributed by atoms with Crippen molar-refractivity contribution in [3.05, 3.63) is 402 Å². The van der Waals surface area contributed by atoms with E-state index in [0.717, 1.165) is 107 Å². The van der Waals surface area contributed by atoms with E-state index in [4.69, 9.17) is 9.47 Å². The van der Waals surface area contributed by atoms with Crippen molar-refractivity contribution in [1.82, 2.24) is 58.7 Å². The third-order valence-electron chi connectivity index (χ3n) is 18.5. The minimum absolute atomic E-state index is 0. The van der Waals surface area contributed by atoms with Crippen molar-refractivity contribution < 1.29 is 35.6 Å². The zero-order valence-electron chi connectivity index (χ0n) is 62.8. The van der Waals surface area contributed by atoms with Crippen molar-refractivity contribution in [3.8, 4) is 130 Å². The molecular weight excluding hydrogens is 1690 g/mol. The van der Waals surface area contributed by atoms with E-state index in [9.17, 15) is 5.11 Å². The van der Waals surface area contributed by atoms with Gasteiger partial charge in [-0.2, -0.15) is 42.7 Å². The number of halogens is 1. The van der Waals surface area contributed by atoms with Crippen LogP contribution in [-0.2, 0) is 21.1 Å². The zero-order chi connectivity index (χ0) is 76.9. The van der Waals surface area contributed by atoms with Gasteiger partial charge in [-0.1, -0.05) is 188 Å². The molecule has 18 aromatic rings. The smallest absolute Gasteiger partial charge is 0.509 e. The SMILES string of the molecule is Cc1cc(C)n(-c2[c-]c(Oc3[c-]c(-n4cc(-c5ccc(-c6ccccc6)cc5)cn4)ccc3)ccc2)n1.Cc1cc(C)n(-c2cccc(I)c2)n1.Cc1cc(C)n(-c2cccc(Oc3cccc(-n4cc(-c5ccc(-c6ccccc6)cc5)cn4)c3)c2)n1.Oc1cccc(-n2cc(-c3ccc(-c4ccccc4)cc3)cn2)c1.[Pt+2]. The first-order valence-electron chi connectivity index (χ1n) is 36.6. The normalized spacial score (nSPS) is 10.8. The van der Waals surface area contributed by atoms with Gasteiger partial charge >= 0.3 is 21.1 Å². The Morgan fingerprint density at radius 2 is 0.628 bits per heavy atom. The van der Waals surface area contributed by atoms with Gasteiger partial charge in [0.1, 0.15) is 17.2 Å². The summed E-state index contributed by atoms with van der Waals surface area (Å²) >= 11 is 2.31. The summed E-state index contributed by atoms with van der Waals surface area (Å²) in [6.45, 7) is 12.1. The number of aromatic hydroxyl groups is 1. The Morgan fingerprint density at radius 1 is 0.292 bits per heavy atom. The third kappa shape index (κ3) is 19.1. The van der Waals surface area contributed by atoms with Crippen LogP contribution in [0.15, 0.2) is 353 Å². The molecule has 0 amide bonds. The topological polar surface area (TPSA) is 146 Å². The van der Waals surface area contributed by atoms with Gasteiger partial charge in [0.05, 0.1) is 58.4 Å². The molecule has 0 radical (unpaired) electrons. The fraction of sp³-hybridized carbons (Fsp3) is 0.0625. The van der Waals surface area contributed by atoms with Crippen LogP contribution in [0.3, 0.4) is 0 Å². The molecule has 18 rings (SSSR count). The molecule has 113 heavy (non-hydrogen) atoms. The molecule has 0 saturated heterocycles. The van der Waals surface area contributed by atoms with Crippen molar-refractivity contribution >= 4 is 22.6 Å². The van der Waals surface area contributed by atoms with E-state index in [1.165, 1.54) is 42.6 Å². The molecule has 17 heteroatoms. The van der Waals surface area contributed by atoms with Crippen molar-refractivity contribution in [1.29, 1.82) is 0 Å². The Bertz CT molecular complexity index is 5930. The van der Waals surface area contributed by atoms with Crippen LogP contribution in [0.2, 0.25) is 0 Å². The number of nitrogens with zero attached hydrogens (tertiary/aromatic N) is 12. The summed E-state index contributed by atoms with van der Waals surface area (Å²) in [7, 11) is 0. The second-order valence-corrected chi connectivity index (χ2v) is 28.1. The average molecular weight is 1770 g/mol. The van der Waals surface area contributed by atoms with Gasteiger partial charge in [0.15, 0.2) is 0 Å². The van der Waals surface area contributed by atoms with Gasteiger partial charge in [0, 0.05) is 85.6 Å². The van der Waals surface area contributed by atoms with Gasteiger partial charge in [-0.15, -0.1) is 36.4 Å². The standard InChI is InChI=1S/C32H26N4O.C32H24N4O.C21H16N2O.C11H11IN2.Pt/c2*1-23-18-24(2)36(34-23)30-11-7-13-32(20-30)37-31-12-6-10-29(19-31)35-22-28(21-33-35)27-16-14-26(15-17-27)25-8-4-3-5-9-25;24-21-8-4-7-20(13-21)23-15-19(14-22-23)18-11-9-17(10-12-18)16-5-2-1-3-6-16;1-8-6-9(2)14(13-8)11-5-3-4-10(12)7-11;/h3-22H,1-2H3;3-18,21-22H,1-2H3;1-15,24H;3-7H,1-2H3;/q;-2;;;+2. The fourth-order valence-electron chi connectivity index (χ4n) is 13.1. The summed E-state index contributed by atoms with van der Waals surface area (Å²) in [5.74, 6) is 2.91. The minimum atomic E-state index is 0. The number of hydrogen-bond acceptors (Lipinski definition) is 9. The van der Waals surface area contributed by atoms with Crippen molar-refractivity contribution in [2.45, 2.75) is 41.5 Å². The summed E-state index contributed by atoms with van der Waals surface area (Å²) < 4.78 is 24.8. The molecule has 0 bridgehead atoms. The summed E-state index contributed by atoms with van der Waals surface area (Å²) in [6.07, 6.45) is 11.6. The molecule has 0 aliphatic rings. The van der Waals surface area contributed by atoms with Gasteiger partial charge in [-0.3, -0.25) is 9.36 Å². The Hall–Kier alpha value is -13.3. The van der Waals surface area contributed by atoms with Gasteiger partial charge < -0.3 is 14.6 Å². The number of benzene rings is 12. The molecule has 556 valence electrons. The molecule has 1 N–H and O–H groups in total. The summed E-state index contributed by atoms with van der Waals surface area (Å²) in [4.78, 5) is 0. The molecule has 0 aliphatic carbocycles. The van der Waals surface area contributed by atoms with E-state index in [-0.39, 0.29) is 26.8 Å². The number of rotatable bonds is 16. The van der Waals surface area contributed by atoms with Gasteiger partial charge in [-0.25, -0.2) is 18.7 Å². The number of aromatic nitrogens is 12. The van der Waals surface area contributed by atoms with Crippen LogP contribution >= 0.6 is 22.6 Å². The van der Waals surface area contributed by atoms with Crippen LogP contribution in [0.5, 0.6) is 28.7 Å². The predicted octanol–water partition coefficient (Wildman–Crippen LogP) is 23.2. The third-order valence-corrected chi connectivity index (χ3v) is 19.2. The molecule has 0 aliphatic heterocycles. The summed E-state index contributed by atoms with van der Waals surface area (Å²) in [5, 5.41) is 36.7. The maximum atomic E-state index is 9.60. The van der Waals surface area contributed by atoms with Crippen molar-refractivity contribution in [2.75, 3.05) is 0 Å². The Balaban J connectivity index is 0.000000131. The molecule has 0 fully saturated rings. The monoisotopic (exact) mass is 1770 g/mol. The summed E-state index contributed by atoms with van der Waals surface area (Å²) in [6, 6.07) is 112. The van der Waals surface area contributed by atoms with Crippen LogP contribution < -0.4 is 9.47 Å². The maximum Gasteiger partial charge on any atom is 2.00 e. The predicted molar refractivity (Wildman–Crippen MR) is 455 cm³/mol. The van der Waals surface area contributed by atoms with Gasteiger partial charge in [0.2, 0.25) is 0 Å². The molecule has 0 spiro atoms. The van der Waals surface area contributed by atoms with Crippen molar-refractivity contribution in [2.24, 2.45) is 0 Å². The number of ether oxygens (including phenoxy) is 2. The summed E-state index contributed by atoms with van der Waals surface area (Å²) in [5.41, 5.74) is 25.5. The van der Waals surface area contributed by atoms with Crippen LogP contribution in [-0.4, -0.2) is 63.8 Å². The second-order valence-electron chi connectivity index (χ2n) is 26.9. The first-order chi connectivity index (χ1) is 54.7. The first kappa shape index (κ1) is 76.5. The van der Waals surface area contributed by atoms with E-state index in [0.29, 0.717) is 11.5 Å². The number of phenols is 1. The molecule has 12 aromatic carbocycles. The molecular formula is C96H77IN12O3Pt. The van der Waals surface area contributed by atoms with Crippen LogP contribution in [0.25, 0.3) is 101 Å². The number of aryl methyl sites for hydroxylation is 6. The van der Waals surface area contributed by atoms with E-state index in [2.05, 4.69) is 236 Å². The molecule has 15 nitrogen and oxygen atoms in total. The largest absolute Gasteiger partial charge is 2.00 e. The zero-order valence-corrected chi connectivity index (χ0v) is 67.2. The Morgan fingerprint density at radius 3 is 1.05 bits per heavy atom. The van der Waals surface area contributed by atoms with Crippen LogP contribution in [0.1, 0.15) is 34.2 Å². The van der Waals surface area contributed by atoms with Crippen LogP contribution in [0.4, 0.5) is 0 Å². The number of hydrogen-bond donors (Lipinski definition) is 1. The van der Waals surface area contributed by atoms with E-state index in [1.807, 2.05) is 229 Å². The molecule has 0 atom stereocenters. The quantitative estimate of drug-likeness (QED) is 0.0738.